The number of hydrogen-bond acceptors (Lipinski definition) is 22. The van der Waals surface area contributed by atoms with E-state index < -0.39 is 42.9 Å². The Morgan fingerprint density at radius 2 is 1.04 bits per heavy atom. The van der Waals surface area contributed by atoms with Gasteiger partial charge in [0, 0.05) is 64.6 Å². The summed E-state index contributed by atoms with van der Waals surface area (Å²) in [7, 11) is -5.00. The van der Waals surface area contributed by atoms with E-state index in [1.807, 2.05) is 6.07 Å². The maximum atomic E-state index is 13.1. The van der Waals surface area contributed by atoms with Crippen molar-refractivity contribution >= 4 is 48.5 Å². The molecule has 73 heavy (non-hydrogen) atoms. The lowest BCUT2D eigenvalue weighted by Crippen LogP contribution is -2.47. The molecule has 28 heteroatoms. The van der Waals surface area contributed by atoms with Crippen LogP contribution in [0.5, 0.6) is 11.8 Å². The number of anilines is 1. The first-order valence-electron chi connectivity index (χ1n) is 23.1. The van der Waals surface area contributed by atoms with E-state index in [1.54, 1.807) is 0 Å². The van der Waals surface area contributed by atoms with Crippen molar-refractivity contribution in [2.24, 2.45) is 20.5 Å². The monoisotopic (exact) mass is 1060 g/mol. The number of nitrogens with two attached hydrogens (primary N) is 1. The molecule has 2 aromatic heterocycles. The lowest BCUT2D eigenvalue weighted by Gasteiger charge is -2.34. The van der Waals surface area contributed by atoms with E-state index in [-0.39, 0.29) is 134 Å². The number of methoxy groups -OCH3 is 2. The highest BCUT2D eigenvalue weighted by atomic mass is 32.2. The lowest BCUT2D eigenvalue weighted by atomic mass is 10.1. The number of piperazine rings is 1. The highest BCUT2D eigenvalue weighted by molar-refractivity contribution is 7.89. The van der Waals surface area contributed by atoms with E-state index in [9.17, 15) is 41.9 Å². The van der Waals surface area contributed by atoms with Crippen LogP contribution in [-0.4, -0.2) is 162 Å². The second-order valence-electron chi connectivity index (χ2n) is 16.2. The quantitative estimate of drug-likeness (QED) is 0.0288. The number of ether oxygens (including phenoxy) is 4. The second-order valence-corrected chi connectivity index (χ2v) is 19.8. The molecule has 4 aromatic rings. The van der Waals surface area contributed by atoms with E-state index in [4.69, 9.17) is 34.9 Å². The van der Waals surface area contributed by atoms with Crippen LogP contribution >= 0.6 is 0 Å². The van der Waals surface area contributed by atoms with Gasteiger partial charge in [-0.2, -0.15) is 15.5 Å². The van der Waals surface area contributed by atoms with Crippen LogP contribution < -0.4 is 26.3 Å². The van der Waals surface area contributed by atoms with Crippen LogP contribution in [0.25, 0.3) is 0 Å². The van der Waals surface area contributed by atoms with Crippen molar-refractivity contribution in [1.29, 1.82) is 5.26 Å². The standard InChI is InChI=1S/C45H62N12O14S2/c1-68-30-37-36(29-46)42(60)56(21-25-70-27-23-58)44(62)40(37)52-50-32-5-9-34(10-6-32)72(64,65)48-13-3-15-54-17-19-55(20-18-54)16-4-14-49-73(66,67)35-11-7-33(8-12-35)51-53-41-38(31-69-2)39(47)43(61)57(45(41)63)22-26-71-28-24-59/h5-12,48-49,58-59,62-63H,3-4,13-28,30-31,47H2,1-2H3/b52-50+,53-51+. The van der Waals surface area contributed by atoms with Gasteiger partial charge in [0.2, 0.25) is 31.8 Å². The summed E-state index contributed by atoms with van der Waals surface area (Å²) < 4.78 is 80.2. The molecule has 8 N–H and O–H groups in total. The van der Waals surface area contributed by atoms with Gasteiger partial charge >= 0.3 is 0 Å². The number of nitrogen functional groups attached to an aromatic ring is 1. The molecular formula is C45H62N12O14S2. The van der Waals surface area contributed by atoms with E-state index in [2.05, 4.69) is 39.7 Å². The van der Waals surface area contributed by atoms with Crippen molar-refractivity contribution < 1.29 is 56.2 Å². The van der Waals surface area contributed by atoms with Crippen LogP contribution in [0.3, 0.4) is 0 Å². The molecule has 0 spiro atoms. The molecule has 0 bridgehead atoms. The van der Waals surface area contributed by atoms with E-state index in [0.29, 0.717) is 25.9 Å². The molecule has 1 fully saturated rings. The largest absolute Gasteiger partial charge is 0.493 e. The molecule has 1 aliphatic rings. The van der Waals surface area contributed by atoms with Crippen molar-refractivity contribution in [3.05, 3.63) is 85.9 Å². The van der Waals surface area contributed by atoms with Crippen LogP contribution in [0.2, 0.25) is 0 Å². The fourth-order valence-electron chi connectivity index (χ4n) is 7.48. The Bertz CT molecular complexity index is 2900. The Morgan fingerprint density at radius 1 is 0.630 bits per heavy atom. The Balaban J connectivity index is 1.04. The fraction of sp³-hybridized carbons (Fsp3) is 0.489. The zero-order valence-electron chi connectivity index (χ0n) is 40.6. The van der Waals surface area contributed by atoms with Crippen LogP contribution in [0.15, 0.2) is 88.4 Å². The molecule has 0 unspecified atom stereocenters. The van der Waals surface area contributed by atoms with Gasteiger partial charge in [-0.15, -0.1) is 10.2 Å². The van der Waals surface area contributed by atoms with Crippen molar-refractivity contribution in [2.45, 2.75) is 48.9 Å². The maximum absolute atomic E-state index is 13.1. The Hall–Kier alpha value is -6.07. The van der Waals surface area contributed by atoms with Gasteiger partial charge < -0.3 is 54.9 Å². The molecular weight excluding hydrogens is 997 g/mol. The normalized spacial score (nSPS) is 13.9. The SMILES string of the molecule is COCc1c(/N=N/c2ccc(S(=O)(=O)NCCCN3CCN(CCCNS(=O)(=O)c4ccc(/N=N/c5c(COC)c(C#N)c(=O)n(CCOCCO)c5O)cc4)CC3)cc2)c(O)n(CCOCCO)c(=O)c1N. The minimum atomic E-state index is -3.87. The first-order valence-corrected chi connectivity index (χ1v) is 26.0. The number of aliphatic hydroxyl groups is 2. The third kappa shape index (κ3) is 16.0. The van der Waals surface area contributed by atoms with Crippen molar-refractivity contribution in [3.8, 4) is 17.8 Å². The Kier molecular flexibility index (Phi) is 22.5. The number of aliphatic hydroxyl groups excluding tert-OH is 2. The predicted molar refractivity (Wildman–Crippen MR) is 265 cm³/mol. The molecule has 3 heterocycles. The van der Waals surface area contributed by atoms with E-state index in [1.165, 1.54) is 62.8 Å². The van der Waals surface area contributed by atoms with Gasteiger partial charge in [0.1, 0.15) is 17.3 Å². The summed E-state index contributed by atoms with van der Waals surface area (Å²) in [6.45, 7) is 3.74. The number of benzene rings is 2. The summed E-state index contributed by atoms with van der Waals surface area (Å²) in [6, 6.07) is 13.0. The van der Waals surface area contributed by atoms with Gasteiger partial charge in [-0.3, -0.25) is 18.7 Å². The average molecular weight is 1060 g/mol. The number of nitriles is 1. The Labute approximate surface area is 422 Å². The number of nitrogens with zero attached hydrogens (tertiary/aromatic N) is 9. The summed E-state index contributed by atoms with van der Waals surface area (Å²) in [5, 5.41) is 66.0. The summed E-state index contributed by atoms with van der Waals surface area (Å²) in [4.78, 5) is 30.3. The van der Waals surface area contributed by atoms with E-state index >= 15 is 0 Å². The lowest BCUT2D eigenvalue weighted by molar-refractivity contribution is 0.0853. The molecule has 1 saturated heterocycles. The zero-order valence-corrected chi connectivity index (χ0v) is 42.2. The van der Waals surface area contributed by atoms with Crippen LogP contribution in [-0.2, 0) is 65.3 Å². The molecule has 2 aromatic carbocycles. The molecule has 398 valence electrons. The third-order valence-corrected chi connectivity index (χ3v) is 14.3. The number of azo groups is 2. The van der Waals surface area contributed by atoms with Crippen molar-refractivity contribution in [2.75, 3.05) is 112 Å². The van der Waals surface area contributed by atoms with E-state index in [0.717, 1.165) is 35.3 Å². The highest BCUT2D eigenvalue weighted by Crippen LogP contribution is 2.35. The number of sulfonamides is 2. The minimum Gasteiger partial charge on any atom is -0.493 e. The first-order chi connectivity index (χ1) is 35.1. The maximum Gasteiger partial charge on any atom is 0.277 e. The molecule has 26 nitrogen and oxygen atoms in total. The Morgan fingerprint density at radius 3 is 1.45 bits per heavy atom. The van der Waals surface area contributed by atoms with Crippen molar-refractivity contribution in [1.82, 2.24) is 28.4 Å². The van der Waals surface area contributed by atoms with Crippen LogP contribution in [0.1, 0.15) is 29.5 Å². The third-order valence-electron chi connectivity index (χ3n) is 11.3. The predicted octanol–water partition coefficient (Wildman–Crippen LogP) is 1.67. The number of aromatic nitrogens is 2. The number of nitrogens with one attached hydrogen (secondary N) is 2. The molecule has 0 aliphatic carbocycles. The smallest absolute Gasteiger partial charge is 0.277 e. The van der Waals surface area contributed by atoms with Gasteiger partial charge in [0.25, 0.3) is 11.1 Å². The highest BCUT2D eigenvalue weighted by Gasteiger charge is 2.24. The minimum absolute atomic E-state index is 0.00485. The molecule has 0 amide bonds. The fourth-order valence-corrected chi connectivity index (χ4v) is 9.63. The molecule has 1 aliphatic heterocycles. The van der Waals surface area contributed by atoms with Crippen LogP contribution in [0.4, 0.5) is 28.4 Å². The number of pyridine rings is 2. The topological polar surface area (TPSA) is 360 Å². The van der Waals surface area contributed by atoms with Gasteiger partial charge in [-0.1, -0.05) is 0 Å². The summed E-state index contributed by atoms with van der Waals surface area (Å²) in [5.41, 5.74) is 4.46. The van der Waals surface area contributed by atoms with Gasteiger partial charge in [0.15, 0.2) is 11.4 Å². The second kappa shape index (κ2) is 28.4. The first kappa shape index (κ1) is 57.8. The molecule has 0 atom stereocenters. The average Bonchev–Trinajstić information content (AvgIpc) is 3.38. The molecule has 0 radical (unpaired) electrons. The number of hydrogen-bond donors (Lipinski definition) is 7. The summed E-state index contributed by atoms with van der Waals surface area (Å²) in [5.74, 6) is -1.09. The number of rotatable bonds is 30. The van der Waals surface area contributed by atoms with Crippen LogP contribution in [0, 0.1) is 11.3 Å². The van der Waals surface area contributed by atoms with Gasteiger partial charge in [0.05, 0.1) is 87.1 Å². The summed E-state index contributed by atoms with van der Waals surface area (Å²) in [6.07, 6.45) is 1.11. The van der Waals surface area contributed by atoms with Crippen molar-refractivity contribution in [3.63, 3.8) is 0 Å². The molecule has 5 rings (SSSR count). The number of aromatic hydroxyl groups is 2. The zero-order chi connectivity index (χ0) is 53.0. The van der Waals surface area contributed by atoms with Gasteiger partial charge in [-0.25, -0.2) is 26.3 Å². The summed E-state index contributed by atoms with van der Waals surface area (Å²) >= 11 is 0. The van der Waals surface area contributed by atoms with Gasteiger partial charge in [-0.05, 0) is 74.5 Å². The molecule has 0 saturated carbocycles.